The summed E-state index contributed by atoms with van der Waals surface area (Å²) in [6.07, 6.45) is 0. The molecule has 0 aromatic heterocycles. The molecule has 2 nitrogen and oxygen atoms in total. The summed E-state index contributed by atoms with van der Waals surface area (Å²) >= 11 is 0. The van der Waals surface area contributed by atoms with Crippen molar-refractivity contribution >= 4 is 12.6 Å². The minimum absolute atomic E-state index is 0.452. The van der Waals surface area contributed by atoms with Crippen molar-refractivity contribution in [1.82, 2.24) is 0 Å². The minimum Gasteiger partial charge on any atom is -0.423 e. The third kappa shape index (κ3) is 7.03. The van der Waals surface area contributed by atoms with Gasteiger partial charge in [-0.05, 0) is 107 Å². The van der Waals surface area contributed by atoms with Crippen molar-refractivity contribution in [3.8, 4) is 89.0 Å². The van der Waals surface area contributed by atoms with E-state index in [1.54, 1.807) is 0 Å². The number of rotatable bonds is 9. The largest absolute Gasteiger partial charge is 0.489 e. The van der Waals surface area contributed by atoms with Crippen LogP contribution in [0, 0.1) is 0 Å². The summed E-state index contributed by atoms with van der Waals surface area (Å²) < 4.78 is 0. The predicted octanol–water partition coefficient (Wildman–Crippen LogP) is 12.7. The normalized spacial score (nSPS) is 11.0. The van der Waals surface area contributed by atoms with E-state index in [-0.39, 0.29) is 0 Å². The summed E-state index contributed by atoms with van der Waals surface area (Å²) in [5.41, 5.74) is 17.5. The van der Waals surface area contributed by atoms with Crippen LogP contribution >= 0.6 is 0 Å². The molecule has 0 aliphatic rings. The molecule has 270 valence electrons. The second kappa shape index (κ2) is 16.0. The van der Waals surface area contributed by atoms with Crippen LogP contribution in [0.25, 0.3) is 89.0 Å². The molecule has 9 rings (SSSR count). The first kappa shape index (κ1) is 35.7. The maximum Gasteiger partial charge on any atom is 0.489 e. The van der Waals surface area contributed by atoms with Crippen molar-refractivity contribution in [2.24, 2.45) is 0 Å². The van der Waals surface area contributed by atoms with Crippen LogP contribution in [-0.4, -0.2) is 17.2 Å². The van der Waals surface area contributed by atoms with Gasteiger partial charge in [0.1, 0.15) is 0 Å². The van der Waals surface area contributed by atoms with Gasteiger partial charge in [0.2, 0.25) is 0 Å². The molecule has 0 amide bonds. The molecule has 2 N–H and O–H groups in total. The Bertz CT molecular complexity index is 2670. The molecule has 0 spiro atoms. The molecule has 0 fully saturated rings. The van der Waals surface area contributed by atoms with E-state index in [1.165, 1.54) is 0 Å². The Morgan fingerprint density at radius 2 is 0.526 bits per heavy atom. The summed E-state index contributed by atoms with van der Waals surface area (Å²) in [6.45, 7) is 0. The van der Waals surface area contributed by atoms with Crippen molar-refractivity contribution in [2.75, 3.05) is 0 Å². The zero-order valence-corrected chi connectivity index (χ0v) is 31.3. The minimum atomic E-state index is -1.65. The molecule has 0 radical (unpaired) electrons. The maximum atomic E-state index is 10.7. The molecule has 9 aromatic carbocycles. The van der Waals surface area contributed by atoms with E-state index in [0.717, 1.165) is 89.0 Å². The van der Waals surface area contributed by atoms with Crippen LogP contribution in [0.1, 0.15) is 0 Å². The van der Waals surface area contributed by atoms with Gasteiger partial charge < -0.3 is 10.0 Å². The SMILES string of the molecule is OB(O)c1ccc(-c2ccccc2)cc1-c1cccc(-c2c(-c3ccccc3)c(-c3ccccc3)c(-c3ccccc3)c(-c3ccccc3)c2-c2ccccc2)c1. The van der Waals surface area contributed by atoms with Crippen molar-refractivity contribution < 1.29 is 10.0 Å². The zero-order valence-electron chi connectivity index (χ0n) is 31.3. The number of hydrogen-bond donors (Lipinski definition) is 2. The second-order valence-electron chi connectivity index (χ2n) is 14.2. The van der Waals surface area contributed by atoms with Gasteiger partial charge in [0.25, 0.3) is 0 Å². The highest BCUT2D eigenvalue weighted by Gasteiger charge is 2.29. The van der Waals surface area contributed by atoms with Crippen LogP contribution in [0.5, 0.6) is 0 Å². The van der Waals surface area contributed by atoms with E-state index in [2.05, 4.69) is 194 Å². The van der Waals surface area contributed by atoms with Gasteiger partial charge in [-0.2, -0.15) is 0 Å². The number of benzene rings is 9. The topological polar surface area (TPSA) is 40.5 Å². The maximum absolute atomic E-state index is 10.7. The van der Waals surface area contributed by atoms with E-state index < -0.39 is 7.12 Å². The van der Waals surface area contributed by atoms with E-state index in [4.69, 9.17) is 0 Å². The Kier molecular flexibility index (Phi) is 9.99. The van der Waals surface area contributed by atoms with E-state index in [9.17, 15) is 10.0 Å². The van der Waals surface area contributed by atoms with Gasteiger partial charge in [-0.15, -0.1) is 0 Å². The number of hydrogen-bond acceptors (Lipinski definition) is 2. The van der Waals surface area contributed by atoms with Gasteiger partial charge in [-0.1, -0.05) is 212 Å². The van der Waals surface area contributed by atoms with Crippen LogP contribution < -0.4 is 5.46 Å². The zero-order chi connectivity index (χ0) is 38.6. The van der Waals surface area contributed by atoms with Gasteiger partial charge >= 0.3 is 7.12 Å². The quantitative estimate of drug-likeness (QED) is 0.145. The van der Waals surface area contributed by atoms with E-state index >= 15 is 0 Å². The molecular weight excluding hydrogens is 691 g/mol. The summed E-state index contributed by atoms with van der Waals surface area (Å²) in [6, 6.07) is 78.3. The Morgan fingerprint density at radius 1 is 0.228 bits per heavy atom. The van der Waals surface area contributed by atoms with E-state index in [0.29, 0.717) is 5.46 Å². The van der Waals surface area contributed by atoms with Crippen molar-refractivity contribution in [3.63, 3.8) is 0 Å². The lowest BCUT2D eigenvalue weighted by molar-refractivity contribution is 0.426. The fourth-order valence-electron chi connectivity index (χ4n) is 8.19. The van der Waals surface area contributed by atoms with Gasteiger partial charge in [0.15, 0.2) is 0 Å². The molecule has 0 bridgehead atoms. The molecule has 0 saturated carbocycles. The Morgan fingerprint density at radius 3 is 0.877 bits per heavy atom. The predicted molar refractivity (Wildman–Crippen MR) is 240 cm³/mol. The Labute approximate surface area is 334 Å². The van der Waals surface area contributed by atoms with E-state index in [1.807, 2.05) is 30.3 Å². The summed E-state index contributed by atoms with van der Waals surface area (Å²) in [5, 5.41) is 21.4. The highest BCUT2D eigenvalue weighted by molar-refractivity contribution is 6.60. The third-order valence-corrected chi connectivity index (χ3v) is 10.7. The third-order valence-electron chi connectivity index (χ3n) is 10.7. The van der Waals surface area contributed by atoms with Crippen LogP contribution in [0.3, 0.4) is 0 Å². The highest BCUT2D eigenvalue weighted by Crippen LogP contribution is 2.56. The van der Waals surface area contributed by atoms with Crippen molar-refractivity contribution in [2.45, 2.75) is 0 Å². The molecule has 0 heterocycles. The highest BCUT2D eigenvalue weighted by atomic mass is 16.4. The van der Waals surface area contributed by atoms with Gasteiger partial charge in [-0.3, -0.25) is 0 Å². The first-order chi connectivity index (χ1) is 28.2. The van der Waals surface area contributed by atoms with Gasteiger partial charge in [-0.25, -0.2) is 0 Å². The van der Waals surface area contributed by atoms with Gasteiger partial charge in [0.05, 0.1) is 0 Å². The van der Waals surface area contributed by atoms with Crippen molar-refractivity contribution in [1.29, 1.82) is 0 Å². The molecule has 9 aromatic rings. The lowest BCUT2D eigenvalue weighted by atomic mass is 9.73. The monoisotopic (exact) mass is 730 g/mol. The Balaban J connectivity index is 1.47. The molecule has 0 unspecified atom stereocenters. The first-order valence-corrected chi connectivity index (χ1v) is 19.3. The molecule has 0 aliphatic heterocycles. The van der Waals surface area contributed by atoms with Crippen LogP contribution in [-0.2, 0) is 0 Å². The van der Waals surface area contributed by atoms with Crippen LogP contribution in [0.4, 0.5) is 0 Å². The van der Waals surface area contributed by atoms with Gasteiger partial charge in [0, 0.05) is 0 Å². The molecule has 3 heteroatoms. The smallest absolute Gasteiger partial charge is 0.423 e. The standard InChI is InChI=1S/C54H39BO2/c56-55(57)48-35-34-44(38-20-7-1-8-21-38)37-47(48)45-32-19-33-46(36-45)54-52(42-28-15-5-16-29-42)50(40-24-11-3-12-25-40)49(39-22-9-2-10-23-39)51(41-26-13-4-14-27-41)53(54)43-30-17-6-18-31-43/h1-37,56-57H. The average Bonchev–Trinajstić information content (AvgIpc) is 3.29. The van der Waals surface area contributed by atoms with Crippen LogP contribution in [0.2, 0.25) is 0 Å². The lowest BCUT2D eigenvalue weighted by Gasteiger charge is -2.29. The summed E-state index contributed by atoms with van der Waals surface area (Å²) in [5.74, 6) is 0. The van der Waals surface area contributed by atoms with Crippen molar-refractivity contribution in [3.05, 3.63) is 224 Å². The summed E-state index contributed by atoms with van der Waals surface area (Å²) in [7, 11) is -1.65. The molecule has 0 saturated heterocycles. The van der Waals surface area contributed by atoms with Crippen LogP contribution in [0.15, 0.2) is 224 Å². The molecular formula is C54H39BO2. The summed E-state index contributed by atoms with van der Waals surface area (Å²) in [4.78, 5) is 0. The molecule has 57 heavy (non-hydrogen) atoms. The Hall–Kier alpha value is -7.04. The molecule has 0 aliphatic carbocycles. The average molecular weight is 731 g/mol. The fraction of sp³-hybridized carbons (Fsp3) is 0. The lowest BCUT2D eigenvalue weighted by Crippen LogP contribution is -2.31. The fourth-order valence-corrected chi connectivity index (χ4v) is 8.19. The molecule has 0 atom stereocenters. The second-order valence-corrected chi connectivity index (χ2v) is 14.2. The first-order valence-electron chi connectivity index (χ1n) is 19.3.